The van der Waals surface area contributed by atoms with Crippen molar-refractivity contribution in [1.82, 2.24) is 9.97 Å². The van der Waals surface area contributed by atoms with Crippen LogP contribution in [-0.4, -0.2) is 23.0 Å². The van der Waals surface area contributed by atoms with Crippen LogP contribution in [0.15, 0.2) is 10.8 Å². The van der Waals surface area contributed by atoms with E-state index in [4.69, 9.17) is 0 Å². The van der Waals surface area contributed by atoms with E-state index in [1.54, 1.807) is 0 Å². The summed E-state index contributed by atoms with van der Waals surface area (Å²) in [7, 11) is 1.31. The Balaban J connectivity index is 3.15. The number of esters is 1. The quantitative estimate of drug-likeness (QED) is 0.619. The lowest BCUT2D eigenvalue weighted by atomic mass is 10.3. The van der Waals surface area contributed by atoms with Crippen LogP contribution in [0.1, 0.15) is 16.2 Å². The number of alkyl halides is 1. The van der Waals surface area contributed by atoms with E-state index in [9.17, 15) is 4.79 Å². The molecule has 0 saturated carbocycles. The molecular weight excluding hydrogens is 304 g/mol. The monoisotopic (exact) mass is 308 g/mol. The minimum Gasteiger partial charge on any atom is -0.464 e. The van der Waals surface area contributed by atoms with E-state index in [0.29, 0.717) is 15.6 Å². The van der Waals surface area contributed by atoms with E-state index in [1.165, 1.54) is 13.3 Å². The van der Waals surface area contributed by atoms with Gasteiger partial charge in [-0.15, -0.1) is 0 Å². The van der Waals surface area contributed by atoms with Crippen LogP contribution in [0, 0.1) is 0 Å². The maximum atomic E-state index is 11.2. The van der Waals surface area contributed by atoms with E-state index < -0.39 is 5.97 Å². The van der Waals surface area contributed by atoms with Gasteiger partial charge in [0.05, 0.1) is 19.0 Å². The van der Waals surface area contributed by atoms with Gasteiger partial charge in [0.1, 0.15) is 4.60 Å². The molecule has 0 saturated heterocycles. The van der Waals surface area contributed by atoms with Crippen LogP contribution in [0.3, 0.4) is 0 Å². The summed E-state index contributed by atoms with van der Waals surface area (Å²) in [5, 5.41) is 0.470. The molecule has 4 nitrogen and oxygen atoms in total. The molecule has 1 aromatic rings. The van der Waals surface area contributed by atoms with Crippen molar-refractivity contribution in [2.45, 2.75) is 5.33 Å². The van der Waals surface area contributed by atoms with Gasteiger partial charge in [0.2, 0.25) is 0 Å². The molecule has 1 heterocycles. The highest BCUT2D eigenvalue weighted by Gasteiger charge is 2.14. The predicted octanol–water partition coefficient (Wildman–Crippen LogP) is 1.92. The number of aromatic nitrogens is 2. The number of hydrogen-bond acceptors (Lipinski definition) is 4. The molecule has 0 unspecified atom stereocenters. The van der Waals surface area contributed by atoms with Crippen LogP contribution in [0.25, 0.3) is 0 Å². The van der Waals surface area contributed by atoms with E-state index >= 15 is 0 Å². The number of carbonyl (C=O) groups is 1. The third-order valence-corrected chi connectivity index (χ3v) is 2.24. The summed E-state index contributed by atoms with van der Waals surface area (Å²) >= 11 is 6.33. The van der Waals surface area contributed by atoms with E-state index in [0.717, 1.165) is 0 Å². The molecule has 6 heteroatoms. The van der Waals surface area contributed by atoms with Crippen molar-refractivity contribution in [2.24, 2.45) is 0 Å². The molecule has 1 rings (SSSR count). The van der Waals surface area contributed by atoms with Crippen LogP contribution in [0.5, 0.6) is 0 Å². The fraction of sp³-hybridized carbons (Fsp3) is 0.286. The molecule has 0 fully saturated rings. The Morgan fingerprint density at radius 3 is 2.92 bits per heavy atom. The summed E-state index contributed by atoms with van der Waals surface area (Å²) in [4.78, 5) is 19.2. The number of rotatable bonds is 2. The highest BCUT2D eigenvalue weighted by Crippen LogP contribution is 2.12. The summed E-state index contributed by atoms with van der Waals surface area (Å²) in [6.07, 6.45) is 1.53. The number of carbonyl (C=O) groups excluding carboxylic acids is 1. The van der Waals surface area contributed by atoms with Crippen molar-refractivity contribution in [3.63, 3.8) is 0 Å². The average molecular weight is 310 g/mol. The second-order valence-electron chi connectivity index (χ2n) is 2.11. The number of halogens is 2. The minimum atomic E-state index is -0.483. The van der Waals surface area contributed by atoms with Gasteiger partial charge < -0.3 is 4.74 Å². The van der Waals surface area contributed by atoms with Gasteiger partial charge in [0, 0.05) is 5.33 Å². The molecule has 0 radical (unpaired) electrons. The largest absolute Gasteiger partial charge is 0.464 e. The van der Waals surface area contributed by atoms with Gasteiger partial charge in [0.15, 0.2) is 5.69 Å². The predicted molar refractivity (Wildman–Crippen MR) is 53.7 cm³/mol. The Bertz CT molecular complexity index is 330. The van der Waals surface area contributed by atoms with E-state index in [1.807, 2.05) is 0 Å². The summed E-state index contributed by atoms with van der Waals surface area (Å²) in [5.41, 5.74) is 0.795. The SMILES string of the molecule is COC(=O)c1nc(Br)cnc1CBr. The van der Waals surface area contributed by atoms with Crippen molar-refractivity contribution in [2.75, 3.05) is 7.11 Å². The highest BCUT2D eigenvalue weighted by molar-refractivity contribution is 9.10. The van der Waals surface area contributed by atoms with Gasteiger partial charge in [-0.2, -0.15) is 0 Å². The Hall–Kier alpha value is -0.490. The molecule has 0 atom stereocenters. The molecule has 70 valence electrons. The van der Waals surface area contributed by atoms with Crippen molar-refractivity contribution in [1.29, 1.82) is 0 Å². The van der Waals surface area contributed by atoms with Crippen LogP contribution in [0.2, 0.25) is 0 Å². The van der Waals surface area contributed by atoms with Gasteiger partial charge in [-0.25, -0.2) is 9.78 Å². The van der Waals surface area contributed by atoms with Gasteiger partial charge in [-0.3, -0.25) is 4.98 Å². The third kappa shape index (κ3) is 2.47. The van der Waals surface area contributed by atoms with E-state index in [2.05, 4.69) is 46.6 Å². The van der Waals surface area contributed by atoms with Gasteiger partial charge >= 0.3 is 5.97 Å². The normalized spacial score (nSPS) is 9.77. The van der Waals surface area contributed by atoms with Crippen molar-refractivity contribution in [3.8, 4) is 0 Å². The standard InChI is InChI=1S/C7H6Br2N2O2/c1-13-7(12)6-4(2-8)10-3-5(9)11-6/h3H,2H2,1H3. The molecule has 13 heavy (non-hydrogen) atoms. The zero-order valence-corrected chi connectivity index (χ0v) is 9.92. The Morgan fingerprint density at radius 2 is 2.38 bits per heavy atom. The molecule has 0 amide bonds. The molecule has 1 aromatic heterocycles. The first-order valence-electron chi connectivity index (χ1n) is 3.34. The number of hydrogen-bond donors (Lipinski definition) is 0. The fourth-order valence-electron chi connectivity index (χ4n) is 0.750. The van der Waals surface area contributed by atoms with E-state index in [-0.39, 0.29) is 5.69 Å². The van der Waals surface area contributed by atoms with Crippen molar-refractivity contribution < 1.29 is 9.53 Å². The molecule has 0 aliphatic rings. The molecule has 0 spiro atoms. The van der Waals surface area contributed by atoms with Crippen molar-refractivity contribution >= 4 is 37.8 Å². The second-order valence-corrected chi connectivity index (χ2v) is 3.49. The lowest BCUT2D eigenvalue weighted by molar-refractivity contribution is 0.0592. The van der Waals surface area contributed by atoms with Crippen LogP contribution in [0.4, 0.5) is 0 Å². The zero-order valence-electron chi connectivity index (χ0n) is 6.75. The van der Waals surface area contributed by atoms with Crippen LogP contribution < -0.4 is 0 Å². The first kappa shape index (κ1) is 10.6. The van der Waals surface area contributed by atoms with Gasteiger partial charge in [-0.1, -0.05) is 15.9 Å². The summed E-state index contributed by atoms with van der Waals surface area (Å²) < 4.78 is 5.06. The third-order valence-electron chi connectivity index (χ3n) is 1.32. The maximum absolute atomic E-state index is 11.2. The average Bonchev–Trinajstić information content (AvgIpc) is 2.16. The van der Waals surface area contributed by atoms with Gasteiger partial charge in [0.25, 0.3) is 0 Å². The molecule has 0 aromatic carbocycles. The smallest absolute Gasteiger partial charge is 0.358 e. The fourth-order valence-corrected chi connectivity index (χ4v) is 1.44. The first-order chi connectivity index (χ1) is 6.19. The Labute approximate surface area is 92.0 Å². The summed E-state index contributed by atoms with van der Waals surface area (Å²) in [6, 6.07) is 0. The molecule has 0 aliphatic heterocycles. The summed E-state index contributed by atoms with van der Waals surface area (Å²) in [5.74, 6) is -0.483. The van der Waals surface area contributed by atoms with Crippen molar-refractivity contribution in [3.05, 3.63) is 22.2 Å². The number of nitrogens with zero attached hydrogens (tertiary/aromatic N) is 2. The summed E-state index contributed by atoms with van der Waals surface area (Å²) in [6.45, 7) is 0. The maximum Gasteiger partial charge on any atom is 0.358 e. The highest BCUT2D eigenvalue weighted by atomic mass is 79.9. The van der Waals surface area contributed by atoms with Crippen LogP contribution in [-0.2, 0) is 10.1 Å². The molecular formula is C7H6Br2N2O2. The number of ether oxygens (including phenoxy) is 1. The molecule has 0 bridgehead atoms. The molecule has 0 N–H and O–H groups in total. The number of methoxy groups -OCH3 is 1. The zero-order chi connectivity index (χ0) is 9.84. The van der Waals surface area contributed by atoms with Crippen LogP contribution >= 0.6 is 31.9 Å². The lowest BCUT2D eigenvalue weighted by Gasteiger charge is -2.02. The van der Waals surface area contributed by atoms with Gasteiger partial charge in [-0.05, 0) is 15.9 Å². The molecule has 0 aliphatic carbocycles. The minimum absolute atomic E-state index is 0.230. The first-order valence-corrected chi connectivity index (χ1v) is 5.26. The Kier molecular flexibility index (Phi) is 3.80. The second kappa shape index (κ2) is 4.66. The lowest BCUT2D eigenvalue weighted by Crippen LogP contribution is -2.09. The topological polar surface area (TPSA) is 52.1 Å². The Morgan fingerprint density at radius 1 is 1.69 bits per heavy atom.